The van der Waals surface area contributed by atoms with Crippen molar-refractivity contribution in [1.29, 1.82) is 0 Å². The highest BCUT2D eigenvalue weighted by Gasteiger charge is 2.20. The van der Waals surface area contributed by atoms with Gasteiger partial charge in [0.15, 0.2) is 0 Å². The Hall–Kier alpha value is -1.13. The van der Waals surface area contributed by atoms with Gasteiger partial charge in [-0.1, -0.05) is 28.1 Å². The van der Waals surface area contributed by atoms with Gasteiger partial charge in [-0.3, -0.25) is 4.79 Å². The van der Waals surface area contributed by atoms with Crippen molar-refractivity contribution >= 4 is 33.2 Å². The molecular weight excluding hydrogens is 334 g/mol. The van der Waals surface area contributed by atoms with Gasteiger partial charge < -0.3 is 4.90 Å². The fourth-order valence-corrected chi connectivity index (χ4v) is 3.90. The van der Waals surface area contributed by atoms with Crippen LogP contribution in [0.3, 0.4) is 0 Å². The monoisotopic (exact) mass is 349 g/mol. The van der Waals surface area contributed by atoms with E-state index in [-0.39, 0.29) is 5.91 Å². The second kappa shape index (κ2) is 6.10. The van der Waals surface area contributed by atoms with Crippen LogP contribution in [0.25, 0.3) is 0 Å². The number of halogens is 1. The van der Waals surface area contributed by atoms with Crippen LogP contribution in [0.2, 0.25) is 0 Å². The normalized spacial score (nSPS) is 14.2. The number of hydrogen-bond acceptors (Lipinski definition) is 2. The highest BCUT2D eigenvalue weighted by molar-refractivity contribution is 9.10. The van der Waals surface area contributed by atoms with Gasteiger partial charge in [0.05, 0.1) is 0 Å². The number of thiophene rings is 1. The Kier molecular flexibility index (Phi) is 4.22. The molecule has 0 N–H and O–H groups in total. The summed E-state index contributed by atoms with van der Waals surface area (Å²) in [5.74, 6) is 0.266. The molecule has 0 atom stereocenters. The fraction of sp³-hybridized carbons (Fsp3) is 0.312. The van der Waals surface area contributed by atoms with Gasteiger partial charge in [-0.05, 0) is 47.5 Å². The van der Waals surface area contributed by atoms with Crippen molar-refractivity contribution in [3.63, 3.8) is 0 Å². The number of hydrogen-bond donors (Lipinski definition) is 0. The van der Waals surface area contributed by atoms with E-state index in [1.807, 2.05) is 28.4 Å². The van der Waals surface area contributed by atoms with E-state index in [1.165, 1.54) is 16.0 Å². The van der Waals surface area contributed by atoms with E-state index in [0.29, 0.717) is 6.42 Å². The molecule has 0 unspecified atom stereocenters. The van der Waals surface area contributed by atoms with Crippen LogP contribution in [0, 0.1) is 0 Å². The molecule has 2 heterocycles. The Morgan fingerprint density at radius 2 is 2.25 bits per heavy atom. The predicted molar refractivity (Wildman–Crippen MR) is 85.9 cm³/mol. The Morgan fingerprint density at radius 1 is 1.35 bits per heavy atom. The Morgan fingerprint density at radius 3 is 3.10 bits per heavy atom. The Balaban J connectivity index is 1.58. The minimum atomic E-state index is 0.266. The third-order valence-electron chi connectivity index (χ3n) is 3.68. The van der Waals surface area contributed by atoms with Crippen molar-refractivity contribution in [2.75, 3.05) is 6.54 Å². The first kappa shape index (κ1) is 13.8. The number of rotatable bonds is 3. The van der Waals surface area contributed by atoms with Gasteiger partial charge in [0.25, 0.3) is 0 Å². The summed E-state index contributed by atoms with van der Waals surface area (Å²) in [6.07, 6.45) is 2.41. The second-order valence-electron chi connectivity index (χ2n) is 5.06. The minimum Gasteiger partial charge on any atom is -0.338 e. The quantitative estimate of drug-likeness (QED) is 0.819. The smallest absolute Gasteiger partial charge is 0.223 e. The van der Waals surface area contributed by atoms with E-state index in [1.54, 1.807) is 0 Å². The molecule has 0 spiro atoms. The molecule has 4 heteroatoms. The maximum absolute atomic E-state index is 12.3. The maximum Gasteiger partial charge on any atom is 0.223 e. The molecule has 1 aliphatic rings. The van der Waals surface area contributed by atoms with Crippen LogP contribution in [0.15, 0.2) is 40.2 Å². The Labute approximate surface area is 131 Å². The number of carbonyl (C=O) groups is 1. The van der Waals surface area contributed by atoms with Crippen molar-refractivity contribution in [2.24, 2.45) is 0 Å². The summed E-state index contributed by atoms with van der Waals surface area (Å²) in [6, 6.07) is 10.3. The number of fused-ring (bicyclic) bond motifs is 1. The first-order valence-electron chi connectivity index (χ1n) is 6.80. The predicted octanol–water partition coefficient (Wildman–Crippen LogP) is 4.03. The third-order valence-corrected chi connectivity index (χ3v) is 5.19. The molecule has 3 rings (SSSR count). The first-order chi connectivity index (χ1) is 9.72. The molecule has 0 aliphatic carbocycles. The number of aryl methyl sites for hydroxylation is 1. The van der Waals surface area contributed by atoms with Gasteiger partial charge in [-0.25, -0.2) is 0 Å². The summed E-state index contributed by atoms with van der Waals surface area (Å²) in [5.41, 5.74) is 2.54. The molecule has 2 nitrogen and oxygen atoms in total. The summed E-state index contributed by atoms with van der Waals surface area (Å²) in [5, 5.41) is 2.13. The van der Waals surface area contributed by atoms with Crippen LogP contribution >= 0.6 is 27.3 Å². The van der Waals surface area contributed by atoms with E-state index >= 15 is 0 Å². The van der Waals surface area contributed by atoms with Gasteiger partial charge >= 0.3 is 0 Å². The summed E-state index contributed by atoms with van der Waals surface area (Å²) >= 11 is 5.27. The highest BCUT2D eigenvalue weighted by Crippen LogP contribution is 2.24. The molecule has 104 valence electrons. The zero-order chi connectivity index (χ0) is 13.9. The van der Waals surface area contributed by atoms with Crippen molar-refractivity contribution < 1.29 is 4.79 Å². The van der Waals surface area contributed by atoms with Crippen LogP contribution in [0.5, 0.6) is 0 Å². The molecule has 0 fully saturated rings. The molecule has 1 aromatic heterocycles. The second-order valence-corrected chi connectivity index (χ2v) is 6.98. The van der Waals surface area contributed by atoms with Crippen molar-refractivity contribution in [3.8, 4) is 0 Å². The molecule has 0 saturated carbocycles. The summed E-state index contributed by atoms with van der Waals surface area (Å²) in [4.78, 5) is 15.7. The van der Waals surface area contributed by atoms with Crippen molar-refractivity contribution in [2.45, 2.75) is 25.8 Å². The zero-order valence-electron chi connectivity index (χ0n) is 11.1. The summed E-state index contributed by atoms with van der Waals surface area (Å²) in [7, 11) is 0. The molecule has 2 aromatic rings. The minimum absolute atomic E-state index is 0.266. The van der Waals surface area contributed by atoms with Gasteiger partial charge in [0.1, 0.15) is 0 Å². The van der Waals surface area contributed by atoms with E-state index in [2.05, 4.69) is 39.5 Å². The van der Waals surface area contributed by atoms with Crippen LogP contribution in [-0.2, 0) is 24.2 Å². The van der Waals surface area contributed by atoms with Crippen LogP contribution in [-0.4, -0.2) is 17.4 Å². The lowest BCUT2D eigenvalue weighted by molar-refractivity contribution is -0.132. The zero-order valence-corrected chi connectivity index (χ0v) is 13.5. The molecule has 0 radical (unpaired) electrons. The van der Waals surface area contributed by atoms with Gasteiger partial charge in [0, 0.05) is 28.9 Å². The number of amides is 1. The molecule has 20 heavy (non-hydrogen) atoms. The van der Waals surface area contributed by atoms with Gasteiger partial charge in [0.2, 0.25) is 5.91 Å². The van der Waals surface area contributed by atoms with Crippen LogP contribution in [0.4, 0.5) is 0 Å². The number of benzene rings is 1. The van der Waals surface area contributed by atoms with Gasteiger partial charge in [-0.15, -0.1) is 11.3 Å². The SMILES string of the molecule is O=C(CCc1cccc(Br)c1)N1CCc2sccc2C1. The lowest BCUT2D eigenvalue weighted by atomic mass is 10.1. The summed E-state index contributed by atoms with van der Waals surface area (Å²) in [6.45, 7) is 1.65. The first-order valence-corrected chi connectivity index (χ1v) is 8.47. The lowest BCUT2D eigenvalue weighted by Crippen LogP contribution is -2.35. The van der Waals surface area contributed by atoms with E-state index < -0.39 is 0 Å². The molecule has 0 saturated heterocycles. The standard InChI is InChI=1S/C16H16BrNOS/c17-14-3-1-2-12(10-14)4-5-16(19)18-8-6-15-13(11-18)7-9-20-15/h1-3,7,9-10H,4-6,8,11H2. The molecular formula is C16H16BrNOS. The molecule has 1 aromatic carbocycles. The fourth-order valence-electron chi connectivity index (χ4n) is 2.56. The van der Waals surface area contributed by atoms with Crippen LogP contribution < -0.4 is 0 Å². The van der Waals surface area contributed by atoms with Crippen molar-refractivity contribution in [1.82, 2.24) is 4.90 Å². The van der Waals surface area contributed by atoms with Crippen LogP contribution in [0.1, 0.15) is 22.4 Å². The van der Waals surface area contributed by atoms with Gasteiger partial charge in [-0.2, -0.15) is 0 Å². The average molecular weight is 350 g/mol. The topological polar surface area (TPSA) is 20.3 Å². The number of carbonyl (C=O) groups excluding carboxylic acids is 1. The van der Waals surface area contributed by atoms with E-state index in [4.69, 9.17) is 0 Å². The maximum atomic E-state index is 12.3. The number of nitrogens with zero attached hydrogens (tertiary/aromatic N) is 1. The summed E-state index contributed by atoms with van der Waals surface area (Å²) < 4.78 is 1.07. The van der Waals surface area contributed by atoms with E-state index in [9.17, 15) is 4.79 Å². The highest BCUT2D eigenvalue weighted by atomic mass is 79.9. The largest absolute Gasteiger partial charge is 0.338 e. The molecule has 0 bridgehead atoms. The molecule has 1 amide bonds. The Bertz CT molecular complexity index is 622. The average Bonchev–Trinajstić information content (AvgIpc) is 2.92. The third kappa shape index (κ3) is 3.13. The lowest BCUT2D eigenvalue weighted by Gasteiger charge is -2.27. The van der Waals surface area contributed by atoms with E-state index in [0.717, 1.165) is 30.4 Å². The molecule has 1 aliphatic heterocycles. The van der Waals surface area contributed by atoms with Crippen molar-refractivity contribution in [3.05, 3.63) is 56.2 Å².